The summed E-state index contributed by atoms with van der Waals surface area (Å²) in [7, 11) is 1.60. The number of carbonyl (C=O) groups excluding carboxylic acids is 1. The van der Waals surface area contributed by atoms with Gasteiger partial charge in [0, 0.05) is 32.2 Å². The van der Waals surface area contributed by atoms with Crippen LogP contribution in [0.25, 0.3) is 0 Å². The van der Waals surface area contributed by atoms with Crippen LogP contribution in [0.2, 0.25) is 0 Å². The lowest BCUT2D eigenvalue weighted by Crippen LogP contribution is -2.29. The first-order valence-corrected chi connectivity index (χ1v) is 5.96. The molecule has 0 aromatic heterocycles. The van der Waals surface area contributed by atoms with E-state index in [0.717, 1.165) is 5.56 Å². The first-order chi connectivity index (χ1) is 8.71. The SMILES string of the molecule is CNC(=O)c1cccc(CN(CCO)CCO)c1. The van der Waals surface area contributed by atoms with Crippen LogP contribution in [0.1, 0.15) is 15.9 Å². The molecule has 1 aromatic rings. The largest absolute Gasteiger partial charge is 0.395 e. The summed E-state index contributed by atoms with van der Waals surface area (Å²) in [5, 5.41) is 20.4. The molecule has 0 bridgehead atoms. The second kappa shape index (κ2) is 7.81. The Morgan fingerprint density at radius 1 is 1.28 bits per heavy atom. The van der Waals surface area contributed by atoms with Gasteiger partial charge < -0.3 is 15.5 Å². The quantitative estimate of drug-likeness (QED) is 0.630. The molecule has 5 heteroatoms. The van der Waals surface area contributed by atoms with Gasteiger partial charge in [-0.05, 0) is 17.7 Å². The Morgan fingerprint density at radius 2 is 1.94 bits per heavy atom. The van der Waals surface area contributed by atoms with Crippen molar-refractivity contribution in [1.29, 1.82) is 0 Å². The number of carbonyl (C=O) groups is 1. The summed E-state index contributed by atoms with van der Waals surface area (Å²) in [6.45, 7) is 1.71. The maximum absolute atomic E-state index is 11.5. The zero-order valence-electron chi connectivity index (χ0n) is 10.6. The lowest BCUT2D eigenvalue weighted by Gasteiger charge is -2.20. The topological polar surface area (TPSA) is 72.8 Å². The maximum Gasteiger partial charge on any atom is 0.251 e. The van der Waals surface area contributed by atoms with Gasteiger partial charge in [-0.1, -0.05) is 12.1 Å². The van der Waals surface area contributed by atoms with Crippen LogP contribution >= 0.6 is 0 Å². The summed E-state index contributed by atoms with van der Waals surface area (Å²) in [5.74, 6) is -0.118. The molecular formula is C13H20N2O3. The average Bonchev–Trinajstić information content (AvgIpc) is 2.39. The number of benzene rings is 1. The molecule has 0 aliphatic heterocycles. The molecule has 1 rings (SSSR count). The van der Waals surface area contributed by atoms with Crippen LogP contribution in [0.4, 0.5) is 0 Å². The predicted octanol–water partition coefficient (Wildman–Crippen LogP) is -0.167. The van der Waals surface area contributed by atoms with E-state index in [2.05, 4.69) is 5.32 Å². The highest BCUT2D eigenvalue weighted by Gasteiger charge is 2.07. The Kier molecular flexibility index (Phi) is 6.35. The molecule has 0 spiro atoms. The molecule has 0 aliphatic carbocycles. The van der Waals surface area contributed by atoms with Crippen molar-refractivity contribution in [2.45, 2.75) is 6.54 Å². The van der Waals surface area contributed by atoms with Crippen molar-refractivity contribution in [3.8, 4) is 0 Å². The zero-order valence-corrected chi connectivity index (χ0v) is 10.6. The van der Waals surface area contributed by atoms with Crippen molar-refractivity contribution in [1.82, 2.24) is 10.2 Å². The second-order valence-electron chi connectivity index (χ2n) is 4.00. The molecule has 0 fully saturated rings. The highest BCUT2D eigenvalue weighted by atomic mass is 16.3. The Labute approximate surface area is 107 Å². The van der Waals surface area contributed by atoms with Crippen LogP contribution in [0.3, 0.4) is 0 Å². The Balaban J connectivity index is 2.73. The number of hydrogen-bond donors (Lipinski definition) is 3. The van der Waals surface area contributed by atoms with E-state index in [1.165, 1.54) is 0 Å². The molecule has 1 aromatic carbocycles. The number of nitrogens with one attached hydrogen (secondary N) is 1. The van der Waals surface area contributed by atoms with E-state index in [1.807, 2.05) is 23.1 Å². The molecule has 0 aliphatic rings. The minimum Gasteiger partial charge on any atom is -0.395 e. The summed E-state index contributed by atoms with van der Waals surface area (Å²) in [6.07, 6.45) is 0. The van der Waals surface area contributed by atoms with Crippen molar-refractivity contribution < 1.29 is 15.0 Å². The maximum atomic E-state index is 11.5. The third-order valence-corrected chi connectivity index (χ3v) is 2.65. The van der Waals surface area contributed by atoms with Gasteiger partial charge >= 0.3 is 0 Å². The fourth-order valence-electron chi connectivity index (χ4n) is 1.77. The molecule has 0 heterocycles. The normalized spacial score (nSPS) is 10.7. The molecule has 0 saturated carbocycles. The summed E-state index contributed by atoms with van der Waals surface area (Å²) in [5.41, 5.74) is 1.60. The van der Waals surface area contributed by atoms with E-state index in [-0.39, 0.29) is 19.1 Å². The second-order valence-corrected chi connectivity index (χ2v) is 4.00. The van der Waals surface area contributed by atoms with Gasteiger partial charge in [0.15, 0.2) is 0 Å². The van der Waals surface area contributed by atoms with Gasteiger partial charge in [-0.25, -0.2) is 0 Å². The van der Waals surface area contributed by atoms with Crippen LogP contribution in [-0.2, 0) is 6.54 Å². The zero-order chi connectivity index (χ0) is 13.4. The highest BCUT2D eigenvalue weighted by Crippen LogP contribution is 2.08. The highest BCUT2D eigenvalue weighted by molar-refractivity contribution is 5.94. The number of aliphatic hydroxyl groups excluding tert-OH is 2. The fourth-order valence-corrected chi connectivity index (χ4v) is 1.77. The van der Waals surface area contributed by atoms with Crippen LogP contribution in [0.15, 0.2) is 24.3 Å². The van der Waals surface area contributed by atoms with Gasteiger partial charge in [0.25, 0.3) is 5.91 Å². The van der Waals surface area contributed by atoms with E-state index >= 15 is 0 Å². The van der Waals surface area contributed by atoms with Crippen molar-refractivity contribution in [3.63, 3.8) is 0 Å². The van der Waals surface area contributed by atoms with Gasteiger partial charge in [-0.15, -0.1) is 0 Å². The Hall–Kier alpha value is -1.43. The van der Waals surface area contributed by atoms with Crippen molar-refractivity contribution in [3.05, 3.63) is 35.4 Å². The molecule has 5 nitrogen and oxygen atoms in total. The first-order valence-electron chi connectivity index (χ1n) is 5.96. The van der Waals surface area contributed by atoms with Gasteiger partial charge in [-0.2, -0.15) is 0 Å². The Morgan fingerprint density at radius 3 is 2.50 bits per heavy atom. The lowest BCUT2D eigenvalue weighted by atomic mass is 10.1. The first kappa shape index (κ1) is 14.6. The molecular weight excluding hydrogens is 232 g/mol. The molecule has 18 heavy (non-hydrogen) atoms. The Bertz CT molecular complexity index is 376. The third kappa shape index (κ3) is 4.44. The molecule has 0 radical (unpaired) electrons. The van der Waals surface area contributed by atoms with E-state index in [9.17, 15) is 4.79 Å². The van der Waals surface area contributed by atoms with Crippen LogP contribution in [-0.4, -0.2) is 54.4 Å². The van der Waals surface area contributed by atoms with Crippen LogP contribution < -0.4 is 5.32 Å². The van der Waals surface area contributed by atoms with Gasteiger partial charge in [0.2, 0.25) is 0 Å². The van der Waals surface area contributed by atoms with Crippen molar-refractivity contribution in [2.75, 3.05) is 33.4 Å². The summed E-state index contributed by atoms with van der Waals surface area (Å²) < 4.78 is 0. The molecule has 0 saturated heterocycles. The number of amides is 1. The van der Waals surface area contributed by atoms with Gasteiger partial charge in [0.1, 0.15) is 0 Å². The minimum absolute atomic E-state index is 0.0507. The number of rotatable bonds is 7. The standard InChI is InChI=1S/C13H20N2O3/c1-14-13(18)12-4-2-3-11(9-12)10-15(5-7-16)6-8-17/h2-4,9,16-17H,5-8,10H2,1H3,(H,14,18). The smallest absolute Gasteiger partial charge is 0.251 e. The summed E-state index contributed by atoms with van der Waals surface area (Å²) in [6, 6.07) is 7.33. The van der Waals surface area contributed by atoms with E-state index < -0.39 is 0 Å². The van der Waals surface area contributed by atoms with Gasteiger partial charge in [-0.3, -0.25) is 9.69 Å². The molecule has 3 N–H and O–H groups in total. The monoisotopic (exact) mass is 252 g/mol. The summed E-state index contributed by atoms with van der Waals surface area (Å²) in [4.78, 5) is 13.4. The number of nitrogens with zero attached hydrogens (tertiary/aromatic N) is 1. The lowest BCUT2D eigenvalue weighted by molar-refractivity contribution is 0.0962. The molecule has 100 valence electrons. The molecule has 1 amide bonds. The van der Waals surface area contributed by atoms with Gasteiger partial charge in [0.05, 0.1) is 13.2 Å². The number of aliphatic hydroxyl groups is 2. The average molecular weight is 252 g/mol. The third-order valence-electron chi connectivity index (χ3n) is 2.65. The van der Waals surface area contributed by atoms with E-state index in [0.29, 0.717) is 25.2 Å². The predicted molar refractivity (Wildman–Crippen MR) is 69.3 cm³/mol. The fraction of sp³-hybridized carbons (Fsp3) is 0.462. The van der Waals surface area contributed by atoms with Crippen LogP contribution in [0.5, 0.6) is 0 Å². The number of hydrogen-bond acceptors (Lipinski definition) is 4. The van der Waals surface area contributed by atoms with Crippen LogP contribution in [0, 0.1) is 0 Å². The molecule has 0 unspecified atom stereocenters. The van der Waals surface area contributed by atoms with Crippen molar-refractivity contribution in [2.24, 2.45) is 0 Å². The molecule has 0 atom stereocenters. The van der Waals surface area contributed by atoms with E-state index in [4.69, 9.17) is 10.2 Å². The van der Waals surface area contributed by atoms with E-state index in [1.54, 1.807) is 13.1 Å². The summed E-state index contributed by atoms with van der Waals surface area (Å²) >= 11 is 0. The minimum atomic E-state index is -0.118. The van der Waals surface area contributed by atoms with Crippen molar-refractivity contribution >= 4 is 5.91 Å².